The van der Waals surface area contributed by atoms with Crippen LogP contribution in [0.5, 0.6) is 5.75 Å². The molecule has 0 saturated heterocycles. The molecular weight excluding hydrogens is 327 g/mol. The van der Waals surface area contributed by atoms with Gasteiger partial charge in [0.2, 0.25) is 0 Å². The van der Waals surface area contributed by atoms with Crippen molar-refractivity contribution in [3.63, 3.8) is 0 Å². The number of carbonyl (C=O) groups excluding carboxylic acids is 1. The molecule has 0 aliphatic carbocycles. The Hall–Kier alpha value is -2.44. The van der Waals surface area contributed by atoms with Crippen LogP contribution >= 0.6 is 8.58 Å². The molecule has 0 heterocycles. The molecule has 25 heavy (non-hydrogen) atoms. The number of aromatic hydroxyl groups is 1. The molecule has 126 valence electrons. The van der Waals surface area contributed by atoms with E-state index in [1.165, 1.54) is 11.1 Å². The summed E-state index contributed by atoms with van der Waals surface area (Å²) in [6.45, 7) is 2.10. The molecule has 0 bridgehead atoms. The fourth-order valence-electron chi connectivity index (χ4n) is 2.93. The average Bonchev–Trinajstić information content (AvgIpc) is 2.64. The van der Waals surface area contributed by atoms with E-state index in [1.54, 1.807) is 6.07 Å². The quantitative estimate of drug-likeness (QED) is 0.510. The van der Waals surface area contributed by atoms with Crippen molar-refractivity contribution in [3.05, 3.63) is 95.1 Å². The minimum atomic E-state index is 0.150. The van der Waals surface area contributed by atoms with Crippen molar-refractivity contribution in [2.45, 2.75) is 19.0 Å². The Morgan fingerprint density at radius 2 is 1.68 bits per heavy atom. The molecule has 0 aromatic heterocycles. The van der Waals surface area contributed by atoms with Crippen molar-refractivity contribution >= 4 is 20.2 Å². The second-order valence-electron chi connectivity index (χ2n) is 6.13. The van der Waals surface area contributed by atoms with Gasteiger partial charge in [0, 0.05) is 16.8 Å². The smallest absolute Gasteiger partial charge is 0.150 e. The Kier molecular flexibility index (Phi) is 5.63. The lowest BCUT2D eigenvalue weighted by molar-refractivity contribution is 0.112. The number of benzene rings is 3. The molecule has 0 saturated carbocycles. The Morgan fingerprint density at radius 3 is 2.44 bits per heavy atom. The molecule has 3 rings (SSSR count). The summed E-state index contributed by atoms with van der Waals surface area (Å²) in [6.07, 6.45) is 1.75. The summed E-state index contributed by atoms with van der Waals surface area (Å²) in [7, 11) is 0.431. The second kappa shape index (κ2) is 8.09. The van der Waals surface area contributed by atoms with Crippen molar-refractivity contribution < 1.29 is 9.90 Å². The fraction of sp³-hybridized carbons (Fsp3) is 0.136. The van der Waals surface area contributed by atoms with E-state index < -0.39 is 0 Å². The molecule has 2 unspecified atom stereocenters. The predicted molar refractivity (Wildman–Crippen MR) is 106 cm³/mol. The Bertz CT molecular complexity index is 859. The summed E-state index contributed by atoms with van der Waals surface area (Å²) in [5.41, 5.74) is 4.25. The summed E-state index contributed by atoms with van der Waals surface area (Å²) in [4.78, 5) is 11.2. The van der Waals surface area contributed by atoms with Crippen LogP contribution in [-0.4, -0.2) is 11.4 Å². The highest BCUT2D eigenvalue weighted by Gasteiger charge is 2.14. The number of hydrogen-bond donors (Lipinski definition) is 1. The van der Waals surface area contributed by atoms with Gasteiger partial charge in [-0.3, -0.25) is 4.79 Å². The van der Waals surface area contributed by atoms with Crippen LogP contribution in [0.3, 0.4) is 0 Å². The monoisotopic (exact) mass is 348 g/mol. The Balaban J connectivity index is 1.83. The molecule has 0 fully saturated rings. The van der Waals surface area contributed by atoms with E-state index in [-0.39, 0.29) is 5.66 Å². The van der Waals surface area contributed by atoms with E-state index in [2.05, 4.69) is 25.1 Å². The topological polar surface area (TPSA) is 37.3 Å². The maximum Gasteiger partial charge on any atom is 0.150 e. The van der Waals surface area contributed by atoms with Crippen molar-refractivity contribution in [3.8, 4) is 5.75 Å². The molecule has 1 N–H and O–H groups in total. The van der Waals surface area contributed by atoms with Crippen LogP contribution in [0.4, 0.5) is 0 Å². The fourth-order valence-corrected chi connectivity index (χ4v) is 4.29. The van der Waals surface area contributed by atoms with E-state index in [9.17, 15) is 9.90 Å². The third-order valence-electron chi connectivity index (χ3n) is 4.27. The molecule has 0 aliphatic rings. The first-order valence-electron chi connectivity index (χ1n) is 8.34. The zero-order valence-electron chi connectivity index (χ0n) is 14.1. The first-order chi connectivity index (χ1) is 12.2. The molecule has 3 aromatic rings. The number of phenolic OH excluding ortho intramolecular Hbond substituents is 1. The van der Waals surface area contributed by atoms with Gasteiger partial charge >= 0.3 is 0 Å². The number of carbonyl (C=O) groups is 1. The molecule has 0 amide bonds. The van der Waals surface area contributed by atoms with E-state index >= 15 is 0 Å². The van der Waals surface area contributed by atoms with Crippen molar-refractivity contribution in [2.24, 2.45) is 0 Å². The van der Waals surface area contributed by atoms with Gasteiger partial charge in [-0.2, -0.15) is 0 Å². The third kappa shape index (κ3) is 4.35. The van der Waals surface area contributed by atoms with Crippen LogP contribution in [-0.2, 0) is 6.42 Å². The molecule has 2 atom stereocenters. The van der Waals surface area contributed by atoms with E-state index in [0.717, 1.165) is 29.1 Å². The lowest BCUT2D eigenvalue weighted by Crippen LogP contribution is -2.05. The van der Waals surface area contributed by atoms with Gasteiger partial charge in [0.15, 0.2) is 6.29 Å². The van der Waals surface area contributed by atoms with Gasteiger partial charge in [-0.15, -0.1) is 0 Å². The second-order valence-corrected chi connectivity index (χ2v) is 7.82. The van der Waals surface area contributed by atoms with Crippen LogP contribution < -0.4 is 5.30 Å². The largest absolute Gasteiger partial charge is 0.508 e. The minimum absolute atomic E-state index is 0.150. The minimum Gasteiger partial charge on any atom is -0.508 e. The number of hydrogen-bond acceptors (Lipinski definition) is 2. The predicted octanol–water partition coefficient (Wildman–Crippen LogP) is 4.86. The van der Waals surface area contributed by atoms with Crippen LogP contribution in [0.25, 0.3) is 0 Å². The van der Waals surface area contributed by atoms with Crippen LogP contribution in [0.2, 0.25) is 0 Å². The van der Waals surface area contributed by atoms with E-state index in [4.69, 9.17) is 0 Å². The third-order valence-corrected chi connectivity index (χ3v) is 5.78. The zero-order valence-corrected chi connectivity index (χ0v) is 15.1. The lowest BCUT2D eigenvalue weighted by atomic mass is 10.0. The summed E-state index contributed by atoms with van der Waals surface area (Å²) in [5.74, 6) is 0.320. The summed E-state index contributed by atoms with van der Waals surface area (Å²) in [6, 6.07) is 23.8. The summed E-state index contributed by atoms with van der Waals surface area (Å²) < 4.78 is 0. The lowest BCUT2D eigenvalue weighted by Gasteiger charge is -2.16. The Labute approximate surface area is 150 Å². The standard InChI is InChI=1S/C22H21O2P/c1-16(25-22-10-6-5-9-19(22)15-23)20-14-18(11-12-21(20)24)13-17-7-3-2-4-8-17/h2-12,14-16,24-25H,13H2,1H3. The molecule has 2 nitrogen and oxygen atoms in total. The SMILES string of the molecule is CC(Pc1ccccc1C=O)c1cc(Cc2ccccc2)ccc1O. The summed E-state index contributed by atoms with van der Waals surface area (Å²) >= 11 is 0. The van der Waals surface area contributed by atoms with Crippen molar-refractivity contribution in [1.82, 2.24) is 0 Å². The van der Waals surface area contributed by atoms with Gasteiger partial charge in [-0.1, -0.05) is 82.2 Å². The van der Waals surface area contributed by atoms with Gasteiger partial charge in [0.25, 0.3) is 0 Å². The maximum atomic E-state index is 11.2. The molecule has 0 spiro atoms. The van der Waals surface area contributed by atoms with Crippen LogP contribution in [0.1, 0.15) is 39.6 Å². The first kappa shape index (κ1) is 17.4. The molecular formula is C22H21O2P. The van der Waals surface area contributed by atoms with Crippen LogP contribution in [0, 0.1) is 0 Å². The molecule has 0 aliphatic heterocycles. The van der Waals surface area contributed by atoms with Crippen LogP contribution in [0.15, 0.2) is 72.8 Å². The van der Waals surface area contributed by atoms with E-state index in [1.807, 2.05) is 48.5 Å². The van der Waals surface area contributed by atoms with Gasteiger partial charge < -0.3 is 5.11 Å². The molecule has 3 heteroatoms. The average molecular weight is 348 g/mol. The summed E-state index contributed by atoms with van der Waals surface area (Å²) in [5, 5.41) is 11.4. The van der Waals surface area contributed by atoms with Crippen molar-refractivity contribution in [2.75, 3.05) is 0 Å². The highest BCUT2D eigenvalue weighted by atomic mass is 31.1. The van der Waals surface area contributed by atoms with Gasteiger partial charge in [-0.25, -0.2) is 0 Å². The van der Waals surface area contributed by atoms with Gasteiger partial charge in [0.1, 0.15) is 5.75 Å². The van der Waals surface area contributed by atoms with E-state index in [0.29, 0.717) is 14.3 Å². The zero-order chi connectivity index (χ0) is 17.6. The highest BCUT2D eigenvalue weighted by molar-refractivity contribution is 7.47. The van der Waals surface area contributed by atoms with Crippen molar-refractivity contribution in [1.29, 1.82) is 0 Å². The number of aldehydes is 1. The maximum absolute atomic E-state index is 11.2. The Morgan fingerprint density at radius 1 is 0.960 bits per heavy atom. The first-order valence-corrected chi connectivity index (χ1v) is 9.41. The van der Waals surface area contributed by atoms with Gasteiger partial charge in [-0.05, 0) is 28.9 Å². The molecule has 3 aromatic carbocycles. The van der Waals surface area contributed by atoms with Gasteiger partial charge in [0.05, 0.1) is 0 Å². The number of phenols is 1. The normalized spacial score (nSPS) is 12.4. The number of rotatable bonds is 6. The molecule has 0 radical (unpaired) electrons. The highest BCUT2D eigenvalue weighted by Crippen LogP contribution is 2.39.